The van der Waals surface area contributed by atoms with Crippen molar-refractivity contribution in [2.24, 2.45) is 0 Å². The van der Waals surface area contributed by atoms with Crippen molar-refractivity contribution in [1.82, 2.24) is 15.2 Å². The zero-order valence-corrected chi connectivity index (χ0v) is 9.90. The second kappa shape index (κ2) is 3.72. The lowest BCUT2D eigenvalue weighted by Crippen LogP contribution is -1.81. The van der Waals surface area contributed by atoms with E-state index in [2.05, 4.69) is 49.3 Å². The van der Waals surface area contributed by atoms with E-state index in [9.17, 15) is 0 Å². The summed E-state index contributed by atoms with van der Waals surface area (Å²) >= 11 is 3.42. The van der Waals surface area contributed by atoms with Gasteiger partial charge in [0.05, 0.1) is 6.20 Å². The Bertz CT molecular complexity index is 628. The number of aromatic amines is 1. The number of aromatic nitrogens is 3. The fraction of sp³-hybridized carbons (Fsp3) is 0. The van der Waals surface area contributed by atoms with Gasteiger partial charge >= 0.3 is 0 Å². The molecule has 1 aromatic carbocycles. The van der Waals surface area contributed by atoms with E-state index in [0.717, 1.165) is 26.6 Å². The first-order valence-corrected chi connectivity index (χ1v) is 5.67. The molecule has 0 atom stereocenters. The highest BCUT2D eigenvalue weighted by molar-refractivity contribution is 9.10. The Hall–Kier alpha value is -1.68. The maximum absolute atomic E-state index is 4.31. The average Bonchev–Trinajstić information content (AvgIpc) is 2.77. The number of rotatable bonds is 1. The molecular weight excluding hydrogens is 266 g/mol. The Labute approximate surface area is 101 Å². The van der Waals surface area contributed by atoms with Crippen molar-refractivity contribution in [2.45, 2.75) is 0 Å². The van der Waals surface area contributed by atoms with Crippen LogP contribution in [0.2, 0.25) is 0 Å². The van der Waals surface area contributed by atoms with Crippen molar-refractivity contribution in [3.63, 3.8) is 0 Å². The highest BCUT2D eigenvalue weighted by Crippen LogP contribution is 2.23. The number of hydrogen-bond acceptors (Lipinski definition) is 2. The van der Waals surface area contributed by atoms with E-state index < -0.39 is 0 Å². The molecule has 0 amide bonds. The summed E-state index contributed by atoms with van der Waals surface area (Å²) in [4.78, 5) is 4.31. The number of nitrogens with one attached hydrogen (secondary N) is 1. The van der Waals surface area contributed by atoms with Gasteiger partial charge in [-0.25, -0.2) is 4.98 Å². The first-order valence-electron chi connectivity index (χ1n) is 4.88. The molecule has 0 unspecified atom stereocenters. The first kappa shape index (κ1) is 9.54. The minimum atomic E-state index is 0.820. The summed E-state index contributed by atoms with van der Waals surface area (Å²) < 4.78 is 1.08. The summed E-state index contributed by atoms with van der Waals surface area (Å²) in [5, 5.41) is 7.82. The second-order valence-corrected chi connectivity index (χ2v) is 4.45. The third-order valence-electron chi connectivity index (χ3n) is 2.47. The zero-order valence-electron chi connectivity index (χ0n) is 8.31. The summed E-state index contributed by atoms with van der Waals surface area (Å²) in [6.07, 6.45) is 3.63. The second-order valence-electron chi connectivity index (χ2n) is 3.54. The third kappa shape index (κ3) is 1.61. The minimum Gasteiger partial charge on any atom is -0.261 e. The van der Waals surface area contributed by atoms with Crippen molar-refractivity contribution in [2.75, 3.05) is 0 Å². The molecule has 0 aliphatic heterocycles. The van der Waals surface area contributed by atoms with E-state index in [1.165, 1.54) is 0 Å². The van der Waals surface area contributed by atoms with Crippen LogP contribution in [0.4, 0.5) is 0 Å². The van der Waals surface area contributed by atoms with Gasteiger partial charge in [-0.15, -0.1) is 0 Å². The summed E-state index contributed by atoms with van der Waals surface area (Å²) in [5.74, 6) is 0. The van der Waals surface area contributed by atoms with Crippen LogP contribution in [0.15, 0.2) is 47.2 Å². The lowest BCUT2D eigenvalue weighted by Gasteiger charge is -2.01. The molecule has 16 heavy (non-hydrogen) atoms. The fourth-order valence-corrected chi connectivity index (χ4v) is 1.90. The number of hydrogen-bond donors (Lipinski definition) is 1. The van der Waals surface area contributed by atoms with Gasteiger partial charge in [-0.3, -0.25) is 5.10 Å². The predicted molar refractivity (Wildman–Crippen MR) is 67.0 cm³/mol. The Morgan fingerprint density at radius 1 is 1.00 bits per heavy atom. The van der Waals surface area contributed by atoms with Crippen LogP contribution in [0.3, 0.4) is 0 Å². The molecule has 0 saturated heterocycles. The third-order valence-corrected chi connectivity index (χ3v) is 3.00. The molecule has 0 bridgehead atoms. The number of pyridine rings is 1. The summed E-state index contributed by atoms with van der Waals surface area (Å²) in [5.41, 5.74) is 3.07. The van der Waals surface area contributed by atoms with Gasteiger partial charge in [-0.1, -0.05) is 28.1 Å². The molecule has 0 aliphatic rings. The topological polar surface area (TPSA) is 41.6 Å². The molecule has 0 spiro atoms. The number of nitrogens with zero attached hydrogens (tertiary/aromatic N) is 2. The largest absolute Gasteiger partial charge is 0.261 e. The molecule has 2 heterocycles. The Morgan fingerprint density at radius 3 is 2.62 bits per heavy atom. The molecule has 3 rings (SSSR count). The Balaban J connectivity index is 2.14. The molecule has 1 N–H and O–H groups in total. The van der Waals surface area contributed by atoms with Gasteiger partial charge in [0, 0.05) is 21.6 Å². The van der Waals surface area contributed by atoms with Gasteiger partial charge in [0.2, 0.25) is 0 Å². The molecule has 78 valence electrons. The van der Waals surface area contributed by atoms with Crippen LogP contribution in [0, 0.1) is 0 Å². The smallest absolute Gasteiger partial charge is 0.155 e. The maximum Gasteiger partial charge on any atom is 0.155 e. The molecule has 4 heteroatoms. The van der Waals surface area contributed by atoms with E-state index in [1.807, 2.05) is 18.3 Å². The average molecular weight is 274 g/mol. The van der Waals surface area contributed by atoms with Crippen LogP contribution in [-0.4, -0.2) is 15.2 Å². The summed E-state index contributed by atoms with van der Waals surface area (Å²) in [6.45, 7) is 0. The maximum atomic E-state index is 4.31. The van der Waals surface area contributed by atoms with Crippen LogP contribution in [0.5, 0.6) is 0 Å². The van der Waals surface area contributed by atoms with Crippen LogP contribution >= 0.6 is 15.9 Å². The number of benzene rings is 1. The van der Waals surface area contributed by atoms with Gasteiger partial charge in [0.25, 0.3) is 0 Å². The number of fused-ring (bicyclic) bond motifs is 1. The van der Waals surface area contributed by atoms with Gasteiger partial charge in [-0.2, -0.15) is 5.10 Å². The highest BCUT2D eigenvalue weighted by Gasteiger charge is 2.01. The van der Waals surface area contributed by atoms with Crippen LogP contribution < -0.4 is 0 Å². The SMILES string of the molecule is Brc1ccc(-c2cnc3[nH]ncc3c2)cc1. The quantitative estimate of drug-likeness (QED) is 0.739. The lowest BCUT2D eigenvalue weighted by molar-refractivity contribution is 1.10. The van der Waals surface area contributed by atoms with Crippen molar-refractivity contribution >= 4 is 27.0 Å². The van der Waals surface area contributed by atoms with Gasteiger partial charge in [0.15, 0.2) is 5.65 Å². The molecule has 3 aromatic rings. The van der Waals surface area contributed by atoms with Crippen LogP contribution in [0.25, 0.3) is 22.2 Å². The van der Waals surface area contributed by atoms with Crippen molar-refractivity contribution in [3.05, 3.63) is 47.2 Å². The molecule has 0 saturated carbocycles. The Morgan fingerprint density at radius 2 is 1.81 bits per heavy atom. The summed E-state index contributed by atoms with van der Waals surface area (Å²) in [7, 11) is 0. The van der Waals surface area contributed by atoms with E-state index in [4.69, 9.17) is 0 Å². The van der Waals surface area contributed by atoms with E-state index in [1.54, 1.807) is 6.20 Å². The zero-order chi connectivity index (χ0) is 11.0. The fourth-order valence-electron chi connectivity index (χ4n) is 1.64. The predicted octanol–water partition coefficient (Wildman–Crippen LogP) is 3.39. The lowest BCUT2D eigenvalue weighted by atomic mass is 10.1. The standard InChI is InChI=1S/C12H8BrN3/c13-11-3-1-8(2-4-11)9-5-10-7-15-16-12(10)14-6-9/h1-7H,(H,14,15,16). The first-order chi connectivity index (χ1) is 7.83. The number of halogens is 1. The van der Waals surface area contributed by atoms with Gasteiger partial charge in [-0.05, 0) is 23.8 Å². The van der Waals surface area contributed by atoms with Gasteiger partial charge < -0.3 is 0 Å². The molecule has 2 aromatic heterocycles. The van der Waals surface area contributed by atoms with E-state index in [0.29, 0.717) is 0 Å². The van der Waals surface area contributed by atoms with Crippen molar-refractivity contribution in [3.8, 4) is 11.1 Å². The highest BCUT2D eigenvalue weighted by atomic mass is 79.9. The molecule has 0 aliphatic carbocycles. The molecule has 3 nitrogen and oxygen atoms in total. The van der Waals surface area contributed by atoms with Crippen molar-refractivity contribution in [1.29, 1.82) is 0 Å². The van der Waals surface area contributed by atoms with Crippen LogP contribution in [-0.2, 0) is 0 Å². The molecular formula is C12H8BrN3. The van der Waals surface area contributed by atoms with Crippen LogP contribution in [0.1, 0.15) is 0 Å². The van der Waals surface area contributed by atoms with E-state index in [-0.39, 0.29) is 0 Å². The van der Waals surface area contributed by atoms with Gasteiger partial charge in [0.1, 0.15) is 0 Å². The summed E-state index contributed by atoms with van der Waals surface area (Å²) in [6, 6.07) is 10.2. The van der Waals surface area contributed by atoms with Crippen molar-refractivity contribution < 1.29 is 0 Å². The monoisotopic (exact) mass is 273 g/mol. The molecule has 0 radical (unpaired) electrons. The Kier molecular flexibility index (Phi) is 2.22. The minimum absolute atomic E-state index is 0.820. The van der Waals surface area contributed by atoms with E-state index >= 15 is 0 Å². The normalized spacial score (nSPS) is 10.8. The molecule has 0 fully saturated rings. The number of H-pyrrole nitrogens is 1.